The van der Waals surface area contributed by atoms with E-state index < -0.39 is 6.10 Å². The zero-order valence-corrected chi connectivity index (χ0v) is 7.16. The Balaban J connectivity index is 2.32. The molecule has 2 rings (SSSR count). The molecule has 0 bridgehead atoms. The number of fused-ring (bicyclic) bond motifs is 1. The number of furan rings is 1. The van der Waals surface area contributed by atoms with E-state index in [-0.39, 0.29) is 0 Å². The van der Waals surface area contributed by atoms with Crippen LogP contribution in [0.5, 0.6) is 0 Å². The first-order valence-corrected chi connectivity index (χ1v) is 4.20. The van der Waals surface area contributed by atoms with Crippen LogP contribution in [0.1, 0.15) is 23.8 Å². The third-order valence-corrected chi connectivity index (χ3v) is 2.31. The largest absolute Gasteiger partial charge is 0.466 e. The average Bonchev–Trinajstić information content (AvgIpc) is 2.44. The van der Waals surface area contributed by atoms with E-state index in [1.54, 1.807) is 6.26 Å². The van der Waals surface area contributed by atoms with Gasteiger partial charge in [0.1, 0.15) is 11.9 Å². The van der Waals surface area contributed by atoms with Crippen LogP contribution in [0.2, 0.25) is 0 Å². The number of hydrogen-bond donors (Lipinski definition) is 1. The van der Waals surface area contributed by atoms with Crippen LogP contribution in [-0.2, 0) is 6.54 Å². The van der Waals surface area contributed by atoms with Gasteiger partial charge < -0.3 is 14.4 Å². The van der Waals surface area contributed by atoms with Gasteiger partial charge in [0.05, 0.1) is 6.26 Å². The van der Waals surface area contributed by atoms with Gasteiger partial charge in [-0.2, -0.15) is 0 Å². The third-order valence-electron chi connectivity index (χ3n) is 2.31. The summed E-state index contributed by atoms with van der Waals surface area (Å²) < 4.78 is 5.22. The molecule has 0 saturated heterocycles. The van der Waals surface area contributed by atoms with Crippen LogP contribution in [0.25, 0.3) is 0 Å². The molecule has 1 aliphatic heterocycles. The molecule has 0 radical (unpaired) electrons. The van der Waals surface area contributed by atoms with Crippen LogP contribution < -0.4 is 0 Å². The maximum atomic E-state index is 9.63. The van der Waals surface area contributed by atoms with Gasteiger partial charge in [-0.1, -0.05) is 0 Å². The molecule has 0 fully saturated rings. The highest BCUT2D eigenvalue weighted by molar-refractivity contribution is 5.20. The van der Waals surface area contributed by atoms with E-state index in [2.05, 4.69) is 11.9 Å². The first-order chi connectivity index (χ1) is 5.77. The fraction of sp³-hybridized carbons (Fsp3) is 0.556. The molecular weight excluding hydrogens is 154 g/mol. The minimum atomic E-state index is -0.417. The lowest BCUT2D eigenvalue weighted by molar-refractivity contribution is 0.134. The van der Waals surface area contributed by atoms with Crippen molar-refractivity contribution in [1.82, 2.24) is 4.90 Å². The van der Waals surface area contributed by atoms with E-state index in [4.69, 9.17) is 4.42 Å². The van der Waals surface area contributed by atoms with E-state index in [0.29, 0.717) is 0 Å². The Morgan fingerprint density at radius 1 is 1.67 bits per heavy atom. The Kier molecular flexibility index (Phi) is 1.90. The molecule has 12 heavy (non-hydrogen) atoms. The Bertz CT molecular complexity index is 269. The number of nitrogens with zero attached hydrogens (tertiary/aromatic N) is 1. The SMILES string of the molecule is CN1CCC(O)c2occc2C1. The maximum absolute atomic E-state index is 9.63. The molecule has 0 spiro atoms. The smallest absolute Gasteiger partial charge is 0.136 e. The summed E-state index contributed by atoms with van der Waals surface area (Å²) in [5.41, 5.74) is 1.11. The van der Waals surface area contributed by atoms with Gasteiger partial charge in [0.15, 0.2) is 0 Å². The van der Waals surface area contributed by atoms with Crippen molar-refractivity contribution in [3.05, 3.63) is 23.7 Å². The fourth-order valence-corrected chi connectivity index (χ4v) is 1.61. The predicted molar refractivity (Wildman–Crippen MR) is 44.6 cm³/mol. The van der Waals surface area contributed by atoms with Gasteiger partial charge in [0, 0.05) is 18.7 Å². The lowest BCUT2D eigenvalue weighted by atomic mass is 10.1. The van der Waals surface area contributed by atoms with Gasteiger partial charge in [0.2, 0.25) is 0 Å². The van der Waals surface area contributed by atoms with Crippen LogP contribution >= 0.6 is 0 Å². The van der Waals surface area contributed by atoms with Crippen molar-refractivity contribution in [2.24, 2.45) is 0 Å². The van der Waals surface area contributed by atoms with Crippen molar-refractivity contribution in [2.75, 3.05) is 13.6 Å². The van der Waals surface area contributed by atoms with Crippen LogP contribution in [0.15, 0.2) is 16.7 Å². The van der Waals surface area contributed by atoms with Crippen molar-refractivity contribution in [1.29, 1.82) is 0 Å². The molecule has 0 aromatic carbocycles. The molecule has 1 unspecified atom stereocenters. The molecule has 1 N–H and O–H groups in total. The Morgan fingerprint density at radius 2 is 2.50 bits per heavy atom. The number of aliphatic hydroxyl groups excluding tert-OH is 1. The van der Waals surface area contributed by atoms with Gasteiger partial charge >= 0.3 is 0 Å². The molecule has 66 valence electrons. The molecule has 0 saturated carbocycles. The Morgan fingerprint density at radius 3 is 3.33 bits per heavy atom. The lowest BCUT2D eigenvalue weighted by Gasteiger charge is -2.11. The maximum Gasteiger partial charge on any atom is 0.136 e. The normalized spacial score (nSPS) is 25.0. The van der Waals surface area contributed by atoms with Crippen molar-refractivity contribution < 1.29 is 9.52 Å². The molecule has 1 aromatic heterocycles. The Hall–Kier alpha value is -0.800. The minimum absolute atomic E-state index is 0.417. The van der Waals surface area contributed by atoms with Crippen molar-refractivity contribution in [3.63, 3.8) is 0 Å². The Labute approximate surface area is 71.6 Å². The topological polar surface area (TPSA) is 36.6 Å². The molecule has 0 aliphatic carbocycles. The minimum Gasteiger partial charge on any atom is -0.466 e. The van der Waals surface area contributed by atoms with Crippen molar-refractivity contribution >= 4 is 0 Å². The molecule has 1 aromatic rings. The number of rotatable bonds is 0. The second-order valence-corrected chi connectivity index (χ2v) is 3.35. The van der Waals surface area contributed by atoms with Crippen LogP contribution in [0.4, 0.5) is 0 Å². The van der Waals surface area contributed by atoms with E-state index in [1.165, 1.54) is 0 Å². The summed E-state index contributed by atoms with van der Waals surface area (Å²) in [6, 6.07) is 1.93. The molecule has 3 nitrogen and oxygen atoms in total. The zero-order valence-electron chi connectivity index (χ0n) is 7.16. The zero-order chi connectivity index (χ0) is 8.55. The molecular formula is C9H13NO2. The summed E-state index contributed by atoms with van der Waals surface area (Å²) in [7, 11) is 2.05. The van der Waals surface area contributed by atoms with Crippen LogP contribution in [0, 0.1) is 0 Å². The molecule has 3 heteroatoms. The third kappa shape index (κ3) is 1.26. The van der Waals surface area contributed by atoms with Gasteiger partial charge in [-0.25, -0.2) is 0 Å². The van der Waals surface area contributed by atoms with E-state index in [1.807, 2.05) is 6.07 Å². The first kappa shape index (κ1) is 7.83. The van der Waals surface area contributed by atoms with Crippen molar-refractivity contribution in [3.8, 4) is 0 Å². The molecule has 2 heterocycles. The standard InChI is InChI=1S/C9H13NO2/c1-10-4-2-8(11)9-7(6-10)3-5-12-9/h3,5,8,11H,2,4,6H2,1H3. The quantitative estimate of drug-likeness (QED) is 0.629. The lowest BCUT2D eigenvalue weighted by Crippen LogP contribution is -2.17. The second kappa shape index (κ2) is 2.92. The van der Waals surface area contributed by atoms with E-state index in [9.17, 15) is 5.11 Å². The van der Waals surface area contributed by atoms with Gasteiger partial charge in [0.25, 0.3) is 0 Å². The summed E-state index contributed by atoms with van der Waals surface area (Å²) in [6.07, 6.45) is 1.99. The van der Waals surface area contributed by atoms with E-state index in [0.717, 1.165) is 30.8 Å². The summed E-state index contributed by atoms with van der Waals surface area (Å²) in [5.74, 6) is 0.749. The number of aliphatic hydroxyl groups is 1. The molecule has 1 aliphatic rings. The second-order valence-electron chi connectivity index (χ2n) is 3.35. The fourth-order valence-electron chi connectivity index (χ4n) is 1.61. The highest BCUT2D eigenvalue weighted by Crippen LogP contribution is 2.26. The summed E-state index contributed by atoms with van der Waals surface area (Å²) in [4.78, 5) is 2.19. The van der Waals surface area contributed by atoms with Gasteiger partial charge in [-0.15, -0.1) is 0 Å². The number of hydrogen-bond acceptors (Lipinski definition) is 3. The highest BCUT2D eigenvalue weighted by Gasteiger charge is 2.21. The highest BCUT2D eigenvalue weighted by atomic mass is 16.4. The summed E-state index contributed by atoms with van der Waals surface area (Å²) in [6.45, 7) is 1.80. The predicted octanol–water partition coefficient (Wildman–Crippen LogP) is 1.15. The monoisotopic (exact) mass is 167 g/mol. The molecule has 1 atom stereocenters. The first-order valence-electron chi connectivity index (χ1n) is 4.20. The molecule has 0 amide bonds. The average molecular weight is 167 g/mol. The van der Waals surface area contributed by atoms with E-state index >= 15 is 0 Å². The summed E-state index contributed by atoms with van der Waals surface area (Å²) >= 11 is 0. The van der Waals surface area contributed by atoms with Crippen LogP contribution in [0.3, 0.4) is 0 Å². The van der Waals surface area contributed by atoms with Crippen LogP contribution in [-0.4, -0.2) is 23.6 Å². The van der Waals surface area contributed by atoms with Gasteiger partial charge in [-0.3, -0.25) is 0 Å². The van der Waals surface area contributed by atoms with Gasteiger partial charge in [-0.05, 0) is 19.5 Å². The van der Waals surface area contributed by atoms with Crippen molar-refractivity contribution in [2.45, 2.75) is 19.1 Å². The summed E-state index contributed by atoms with van der Waals surface area (Å²) in [5, 5.41) is 9.63.